The Bertz CT molecular complexity index is 617. The number of nitrogens with one attached hydrogen (secondary N) is 1. The molecule has 0 bridgehead atoms. The zero-order chi connectivity index (χ0) is 14.7. The first-order valence-corrected chi connectivity index (χ1v) is 6.12. The molecule has 0 fully saturated rings. The second kappa shape index (κ2) is 5.98. The topological polar surface area (TPSA) is 47.3 Å². The van der Waals surface area contributed by atoms with Gasteiger partial charge in [0.2, 0.25) is 0 Å². The van der Waals surface area contributed by atoms with Crippen molar-refractivity contribution in [2.24, 2.45) is 5.84 Å². The SMILES string of the molecule is COc1ccc(C(NN)c2ccc(C)cc2F)c(F)c1. The van der Waals surface area contributed by atoms with Crippen LogP contribution in [0.2, 0.25) is 0 Å². The average Bonchev–Trinajstić information content (AvgIpc) is 2.43. The fourth-order valence-electron chi connectivity index (χ4n) is 2.08. The van der Waals surface area contributed by atoms with Gasteiger partial charge in [0.15, 0.2) is 0 Å². The minimum absolute atomic E-state index is 0.260. The van der Waals surface area contributed by atoms with Crippen LogP contribution in [0.4, 0.5) is 8.78 Å². The van der Waals surface area contributed by atoms with E-state index >= 15 is 0 Å². The van der Waals surface area contributed by atoms with E-state index in [-0.39, 0.29) is 5.56 Å². The first-order chi connectivity index (χ1) is 9.56. The van der Waals surface area contributed by atoms with Crippen molar-refractivity contribution in [2.75, 3.05) is 7.11 Å². The summed E-state index contributed by atoms with van der Waals surface area (Å²) in [5.74, 6) is 4.93. The largest absolute Gasteiger partial charge is 0.497 e. The van der Waals surface area contributed by atoms with E-state index in [1.807, 2.05) is 0 Å². The molecule has 2 aromatic carbocycles. The summed E-state index contributed by atoms with van der Waals surface area (Å²) in [7, 11) is 1.45. The summed E-state index contributed by atoms with van der Waals surface area (Å²) in [6.45, 7) is 1.78. The summed E-state index contributed by atoms with van der Waals surface area (Å²) >= 11 is 0. The van der Waals surface area contributed by atoms with E-state index in [9.17, 15) is 8.78 Å². The molecule has 0 heterocycles. The Morgan fingerprint density at radius 2 is 1.65 bits per heavy atom. The highest BCUT2D eigenvalue weighted by atomic mass is 19.1. The Hall–Kier alpha value is -1.98. The molecular weight excluding hydrogens is 262 g/mol. The first kappa shape index (κ1) is 14.4. The lowest BCUT2D eigenvalue weighted by atomic mass is 9.97. The summed E-state index contributed by atoms with van der Waals surface area (Å²) in [5, 5.41) is 0. The Kier molecular flexibility index (Phi) is 4.32. The molecule has 0 aliphatic rings. The Balaban J connectivity index is 2.47. The zero-order valence-electron chi connectivity index (χ0n) is 11.3. The van der Waals surface area contributed by atoms with Crippen molar-refractivity contribution in [2.45, 2.75) is 13.0 Å². The van der Waals surface area contributed by atoms with E-state index in [4.69, 9.17) is 10.6 Å². The molecule has 0 spiro atoms. The van der Waals surface area contributed by atoms with Gasteiger partial charge in [-0.15, -0.1) is 0 Å². The number of methoxy groups -OCH3 is 1. The van der Waals surface area contributed by atoms with Gasteiger partial charge < -0.3 is 4.74 Å². The van der Waals surface area contributed by atoms with Crippen molar-refractivity contribution in [3.63, 3.8) is 0 Å². The van der Waals surface area contributed by atoms with Crippen molar-refractivity contribution < 1.29 is 13.5 Å². The fraction of sp³-hybridized carbons (Fsp3) is 0.200. The average molecular weight is 278 g/mol. The van der Waals surface area contributed by atoms with Gasteiger partial charge in [-0.05, 0) is 24.6 Å². The molecule has 0 amide bonds. The quantitative estimate of drug-likeness (QED) is 0.668. The maximum absolute atomic E-state index is 14.1. The summed E-state index contributed by atoms with van der Waals surface area (Å²) in [6.07, 6.45) is 0. The van der Waals surface area contributed by atoms with Crippen LogP contribution >= 0.6 is 0 Å². The smallest absolute Gasteiger partial charge is 0.132 e. The lowest BCUT2D eigenvalue weighted by molar-refractivity contribution is 0.410. The molecule has 20 heavy (non-hydrogen) atoms. The molecule has 2 aromatic rings. The van der Waals surface area contributed by atoms with Gasteiger partial charge in [0.1, 0.15) is 17.4 Å². The summed E-state index contributed by atoms with van der Waals surface area (Å²) in [6, 6.07) is 8.35. The zero-order valence-corrected chi connectivity index (χ0v) is 11.3. The van der Waals surface area contributed by atoms with Crippen LogP contribution in [0.1, 0.15) is 22.7 Å². The molecule has 0 aliphatic heterocycles. The highest BCUT2D eigenvalue weighted by Gasteiger charge is 2.20. The molecule has 0 saturated carbocycles. The summed E-state index contributed by atoms with van der Waals surface area (Å²) in [5.41, 5.74) is 3.80. The van der Waals surface area contributed by atoms with Gasteiger partial charge >= 0.3 is 0 Å². The van der Waals surface area contributed by atoms with Gasteiger partial charge in [0, 0.05) is 17.2 Å². The van der Waals surface area contributed by atoms with Gasteiger partial charge in [-0.3, -0.25) is 5.84 Å². The number of hydrogen-bond acceptors (Lipinski definition) is 3. The van der Waals surface area contributed by atoms with Crippen molar-refractivity contribution in [1.82, 2.24) is 5.43 Å². The highest BCUT2D eigenvalue weighted by molar-refractivity contribution is 5.38. The summed E-state index contributed by atoms with van der Waals surface area (Å²) < 4.78 is 33.0. The van der Waals surface area contributed by atoms with Gasteiger partial charge in [0.05, 0.1) is 13.2 Å². The number of hydrazine groups is 1. The number of ether oxygens (including phenoxy) is 1. The molecule has 0 radical (unpaired) electrons. The predicted octanol–water partition coefficient (Wildman–Crippen LogP) is 2.83. The number of rotatable bonds is 4. The number of benzene rings is 2. The van der Waals surface area contributed by atoms with Crippen molar-refractivity contribution >= 4 is 0 Å². The first-order valence-electron chi connectivity index (χ1n) is 6.12. The normalized spacial score (nSPS) is 12.2. The minimum Gasteiger partial charge on any atom is -0.497 e. The molecule has 5 heteroatoms. The molecule has 0 aromatic heterocycles. The van der Waals surface area contributed by atoms with Crippen LogP contribution in [0.15, 0.2) is 36.4 Å². The Labute approximate surface area is 116 Å². The number of halogens is 2. The third-order valence-electron chi connectivity index (χ3n) is 3.15. The number of aryl methyl sites for hydroxylation is 1. The lowest BCUT2D eigenvalue weighted by Crippen LogP contribution is -2.30. The molecule has 0 saturated heterocycles. The van der Waals surface area contributed by atoms with E-state index in [0.29, 0.717) is 11.3 Å². The van der Waals surface area contributed by atoms with Crippen molar-refractivity contribution in [1.29, 1.82) is 0 Å². The molecule has 106 valence electrons. The van der Waals surface area contributed by atoms with E-state index in [1.54, 1.807) is 25.1 Å². The van der Waals surface area contributed by atoms with Gasteiger partial charge in [-0.25, -0.2) is 14.2 Å². The molecule has 3 N–H and O–H groups in total. The van der Waals surface area contributed by atoms with Crippen LogP contribution in [0.5, 0.6) is 5.75 Å². The van der Waals surface area contributed by atoms with Crippen LogP contribution < -0.4 is 16.0 Å². The standard InChI is InChI=1S/C15H16F2N2O/c1-9-3-5-11(13(16)7-9)15(19-18)12-6-4-10(20-2)8-14(12)17/h3-8,15,19H,18H2,1-2H3. The fourth-order valence-corrected chi connectivity index (χ4v) is 2.08. The predicted molar refractivity (Wildman–Crippen MR) is 73.3 cm³/mol. The van der Waals surface area contributed by atoms with Crippen molar-refractivity contribution in [3.05, 3.63) is 64.7 Å². The minimum atomic E-state index is -0.762. The molecule has 1 unspecified atom stereocenters. The van der Waals surface area contributed by atoms with Crippen LogP contribution in [0.3, 0.4) is 0 Å². The number of nitrogens with two attached hydrogens (primary N) is 1. The summed E-state index contributed by atoms with van der Waals surface area (Å²) in [4.78, 5) is 0. The Morgan fingerprint density at radius 1 is 1.05 bits per heavy atom. The number of hydrogen-bond donors (Lipinski definition) is 2. The van der Waals surface area contributed by atoms with E-state index in [2.05, 4.69) is 5.43 Å². The molecule has 3 nitrogen and oxygen atoms in total. The third kappa shape index (κ3) is 2.79. The third-order valence-corrected chi connectivity index (χ3v) is 3.15. The van der Waals surface area contributed by atoms with Crippen LogP contribution in [0, 0.1) is 18.6 Å². The second-order valence-electron chi connectivity index (χ2n) is 4.51. The van der Waals surface area contributed by atoms with Crippen molar-refractivity contribution in [3.8, 4) is 5.75 Å². The molecule has 2 rings (SSSR count). The molecule has 0 aliphatic carbocycles. The maximum Gasteiger partial charge on any atom is 0.132 e. The van der Waals surface area contributed by atoms with Gasteiger partial charge in [0.25, 0.3) is 0 Å². The monoisotopic (exact) mass is 278 g/mol. The highest BCUT2D eigenvalue weighted by Crippen LogP contribution is 2.28. The molecular formula is C15H16F2N2O. The second-order valence-corrected chi connectivity index (χ2v) is 4.51. The lowest BCUT2D eigenvalue weighted by Gasteiger charge is -2.19. The van der Waals surface area contributed by atoms with E-state index in [0.717, 1.165) is 5.56 Å². The van der Waals surface area contributed by atoms with E-state index < -0.39 is 17.7 Å². The van der Waals surface area contributed by atoms with Crippen LogP contribution in [-0.2, 0) is 0 Å². The van der Waals surface area contributed by atoms with Gasteiger partial charge in [-0.2, -0.15) is 0 Å². The van der Waals surface area contributed by atoms with Crippen LogP contribution in [0.25, 0.3) is 0 Å². The van der Waals surface area contributed by atoms with Gasteiger partial charge in [-0.1, -0.05) is 18.2 Å². The van der Waals surface area contributed by atoms with Crippen LogP contribution in [-0.4, -0.2) is 7.11 Å². The van der Waals surface area contributed by atoms with E-state index in [1.165, 1.54) is 25.3 Å². The maximum atomic E-state index is 14.1. The molecule has 1 atom stereocenters. The Morgan fingerprint density at radius 3 is 2.15 bits per heavy atom.